The van der Waals surface area contributed by atoms with Crippen LogP contribution in [0, 0.1) is 0 Å². The zero-order valence-electron chi connectivity index (χ0n) is 26.6. The van der Waals surface area contributed by atoms with E-state index >= 15 is 0 Å². The fraction of sp³-hybridized carbons (Fsp3) is 0. The van der Waals surface area contributed by atoms with Crippen molar-refractivity contribution in [2.45, 2.75) is 0 Å². The Balaban J connectivity index is 1.26. The Labute approximate surface area is 286 Å². The molecule has 0 atom stereocenters. The van der Waals surface area contributed by atoms with Crippen molar-refractivity contribution in [3.8, 4) is 66.8 Å². The van der Waals surface area contributed by atoms with Gasteiger partial charge < -0.3 is 0 Å². The van der Waals surface area contributed by atoms with E-state index < -0.39 is 0 Å². The van der Waals surface area contributed by atoms with Crippen LogP contribution in [0.5, 0.6) is 0 Å². The molecule has 4 nitrogen and oxygen atoms in total. The van der Waals surface area contributed by atoms with E-state index in [4.69, 9.17) is 0 Å². The van der Waals surface area contributed by atoms with Crippen LogP contribution in [0.1, 0.15) is 0 Å². The van der Waals surface area contributed by atoms with Crippen molar-refractivity contribution in [3.05, 3.63) is 146 Å². The van der Waals surface area contributed by atoms with Crippen LogP contribution in [0.2, 0.25) is 0 Å². The van der Waals surface area contributed by atoms with Crippen molar-refractivity contribution >= 4 is 53.9 Å². The lowest BCUT2D eigenvalue weighted by Gasteiger charge is -2.19. The molecule has 4 heteroatoms. The van der Waals surface area contributed by atoms with E-state index in [1.54, 1.807) is 12.4 Å². The van der Waals surface area contributed by atoms with Gasteiger partial charge in [0.05, 0.1) is 24.8 Å². The maximum absolute atomic E-state index is 4.35. The summed E-state index contributed by atoms with van der Waals surface area (Å²) in [6.07, 6.45) is 7.37. The number of rotatable bonds is 2. The van der Waals surface area contributed by atoms with Crippen LogP contribution < -0.4 is 0 Å². The van der Waals surface area contributed by atoms with Gasteiger partial charge in [0.2, 0.25) is 0 Å². The summed E-state index contributed by atoms with van der Waals surface area (Å²) in [5.74, 6) is 0. The first-order valence-corrected chi connectivity index (χ1v) is 17.0. The van der Waals surface area contributed by atoms with Crippen LogP contribution in [-0.4, -0.2) is 20.4 Å². The Hall–Kier alpha value is -6.78. The fourth-order valence-electron chi connectivity index (χ4n) is 9.08. The highest BCUT2D eigenvalue weighted by Crippen LogP contribution is 2.55. The van der Waals surface area contributed by atoms with E-state index in [9.17, 15) is 0 Å². The molecule has 0 fully saturated rings. The fourth-order valence-corrected chi connectivity index (χ4v) is 9.08. The molecule has 0 bridgehead atoms. The zero-order valence-corrected chi connectivity index (χ0v) is 26.6. The summed E-state index contributed by atoms with van der Waals surface area (Å²) in [6, 6.07) is 45.1. The third-order valence-electron chi connectivity index (χ3n) is 11.1. The van der Waals surface area contributed by atoms with Gasteiger partial charge in [0.15, 0.2) is 0 Å². The lowest BCUT2D eigenvalue weighted by atomic mass is 9.84. The van der Waals surface area contributed by atoms with Crippen LogP contribution in [0.15, 0.2) is 146 Å². The van der Waals surface area contributed by atoms with E-state index in [1.807, 2.05) is 12.4 Å². The molecule has 0 N–H and O–H groups in total. The van der Waals surface area contributed by atoms with Gasteiger partial charge >= 0.3 is 0 Å². The Morgan fingerprint density at radius 1 is 0.300 bits per heavy atom. The van der Waals surface area contributed by atoms with Crippen LogP contribution in [0.25, 0.3) is 121 Å². The van der Waals surface area contributed by atoms with E-state index in [0.717, 1.165) is 16.7 Å². The van der Waals surface area contributed by atoms with Crippen LogP contribution in [0.4, 0.5) is 0 Å². The monoisotopic (exact) mass is 632 g/mol. The molecule has 0 saturated heterocycles. The molecule has 0 radical (unpaired) electrons. The predicted octanol–water partition coefficient (Wildman–Crippen LogP) is 11.7. The number of hydrogen-bond acceptors (Lipinski definition) is 4. The second-order valence-corrected chi connectivity index (χ2v) is 13.5. The quantitative estimate of drug-likeness (QED) is 0.178. The third kappa shape index (κ3) is 3.30. The molecule has 50 heavy (non-hydrogen) atoms. The molecule has 228 valence electrons. The standard InChI is InChI=1S/C46H24N4/c1-5-25-6-2-10-31-39-21-41-35(27-15-17-47-49-23-27)19-36-29(37(41)20-38(39)30(9-1)43(25)31)13-14-33-40(36)22-42-32-11-3-7-26-8-4-12-34(44(26)32)46(42)45(33)28-16-18-48-50-24-28/h1-24H. The minimum Gasteiger partial charge on any atom is -0.159 e. The first-order chi connectivity index (χ1) is 24.8. The topological polar surface area (TPSA) is 51.6 Å². The van der Waals surface area contributed by atoms with Crippen molar-refractivity contribution in [1.29, 1.82) is 0 Å². The van der Waals surface area contributed by atoms with Crippen molar-refractivity contribution in [1.82, 2.24) is 20.4 Å². The molecule has 12 rings (SSSR count). The maximum Gasteiger partial charge on any atom is 0.0575 e. The SMILES string of the molecule is c1cc2c3c(cccc3c1)-c1cc3c(cc1-2)c(-c1ccnnc1)cc1c2cc4c(c(-c5ccnnc5)c2ccc31)-c1cccc2cccc-4c12. The van der Waals surface area contributed by atoms with Gasteiger partial charge in [-0.15, -0.1) is 0 Å². The zero-order chi connectivity index (χ0) is 32.5. The molecule has 0 aliphatic heterocycles. The second kappa shape index (κ2) is 9.43. The normalized spacial score (nSPS) is 12.4. The molecule has 0 spiro atoms. The van der Waals surface area contributed by atoms with Gasteiger partial charge in [-0.3, -0.25) is 0 Å². The van der Waals surface area contributed by atoms with Crippen LogP contribution in [-0.2, 0) is 0 Å². The molecule has 0 unspecified atom stereocenters. The molecule has 0 saturated carbocycles. The number of benzene rings is 8. The third-order valence-corrected chi connectivity index (χ3v) is 11.1. The lowest BCUT2D eigenvalue weighted by Crippen LogP contribution is -1.93. The average Bonchev–Trinajstić information content (AvgIpc) is 3.67. The van der Waals surface area contributed by atoms with Crippen molar-refractivity contribution in [3.63, 3.8) is 0 Å². The van der Waals surface area contributed by atoms with Gasteiger partial charge in [-0.05, 0) is 146 Å². The average molecular weight is 633 g/mol. The molecular formula is C46H24N4. The molecule has 2 aromatic heterocycles. The highest BCUT2D eigenvalue weighted by molar-refractivity contribution is 6.29. The van der Waals surface area contributed by atoms with E-state index in [0.29, 0.717) is 0 Å². The summed E-state index contributed by atoms with van der Waals surface area (Å²) in [5.41, 5.74) is 14.7. The number of nitrogens with zero attached hydrogens (tertiary/aromatic N) is 4. The van der Waals surface area contributed by atoms with Gasteiger partial charge in [-0.1, -0.05) is 84.9 Å². The summed E-state index contributed by atoms with van der Waals surface area (Å²) in [5, 5.41) is 29.5. The summed E-state index contributed by atoms with van der Waals surface area (Å²) in [7, 11) is 0. The number of fused-ring (bicyclic) bond motifs is 11. The Morgan fingerprint density at radius 2 is 0.800 bits per heavy atom. The van der Waals surface area contributed by atoms with Gasteiger partial charge in [0.25, 0.3) is 0 Å². The summed E-state index contributed by atoms with van der Waals surface area (Å²) < 4.78 is 0. The molecule has 0 amide bonds. The first kappa shape index (κ1) is 26.2. The first-order valence-electron chi connectivity index (χ1n) is 17.0. The van der Waals surface area contributed by atoms with Crippen molar-refractivity contribution in [2.24, 2.45) is 0 Å². The highest BCUT2D eigenvalue weighted by Gasteiger charge is 2.28. The molecular weight excluding hydrogens is 609 g/mol. The van der Waals surface area contributed by atoms with Crippen molar-refractivity contribution in [2.75, 3.05) is 0 Å². The number of hydrogen-bond donors (Lipinski definition) is 0. The maximum atomic E-state index is 4.35. The molecule has 8 aromatic carbocycles. The molecule has 2 aliphatic carbocycles. The molecule has 10 aromatic rings. The minimum atomic E-state index is 1.05. The summed E-state index contributed by atoms with van der Waals surface area (Å²) in [4.78, 5) is 0. The lowest BCUT2D eigenvalue weighted by molar-refractivity contribution is 1.03. The van der Waals surface area contributed by atoms with Gasteiger partial charge in [0, 0.05) is 11.1 Å². The minimum absolute atomic E-state index is 1.05. The highest BCUT2D eigenvalue weighted by atomic mass is 15.1. The molecule has 2 aliphatic rings. The van der Waals surface area contributed by atoms with E-state index in [1.165, 1.54) is 104 Å². The smallest absolute Gasteiger partial charge is 0.0575 e. The number of aromatic nitrogens is 4. The van der Waals surface area contributed by atoms with E-state index in [-0.39, 0.29) is 0 Å². The van der Waals surface area contributed by atoms with Crippen molar-refractivity contribution < 1.29 is 0 Å². The van der Waals surface area contributed by atoms with Gasteiger partial charge in [-0.25, -0.2) is 0 Å². The van der Waals surface area contributed by atoms with E-state index in [2.05, 4.69) is 142 Å². The van der Waals surface area contributed by atoms with Crippen LogP contribution >= 0.6 is 0 Å². The van der Waals surface area contributed by atoms with Gasteiger partial charge in [-0.2, -0.15) is 20.4 Å². The van der Waals surface area contributed by atoms with Gasteiger partial charge in [0.1, 0.15) is 0 Å². The Kier molecular flexibility index (Phi) is 4.94. The largest absolute Gasteiger partial charge is 0.159 e. The second-order valence-electron chi connectivity index (χ2n) is 13.5. The molecule has 2 heterocycles. The predicted molar refractivity (Wildman–Crippen MR) is 205 cm³/mol. The Morgan fingerprint density at radius 3 is 1.46 bits per heavy atom. The summed E-state index contributed by atoms with van der Waals surface area (Å²) >= 11 is 0. The van der Waals surface area contributed by atoms with Crippen LogP contribution in [0.3, 0.4) is 0 Å². The summed E-state index contributed by atoms with van der Waals surface area (Å²) in [6.45, 7) is 0. The Bertz CT molecular complexity index is 3120.